The smallest absolute Gasteiger partial charge is 0.328 e. The number of nitrogens with zero attached hydrogens (tertiary/aromatic N) is 1. The third kappa shape index (κ3) is 4.08. The molecule has 98 valence electrons. The van der Waals surface area contributed by atoms with Crippen LogP contribution in [0.1, 0.15) is 13.8 Å². The van der Waals surface area contributed by atoms with Crippen LogP contribution in [0.15, 0.2) is 0 Å². The van der Waals surface area contributed by atoms with Crippen molar-refractivity contribution < 1.29 is 19.8 Å². The second-order valence-electron chi connectivity index (χ2n) is 4.19. The predicted octanol–water partition coefficient (Wildman–Crippen LogP) is -0.0327. The first-order valence-corrected chi connectivity index (χ1v) is 6.43. The maximum absolute atomic E-state index is 11.8. The molecule has 0 aromatic carbocycles. The molecule has 1 aliphatic rings. The first kappa shape index (κ1) is 14.1. The van der Waals surface area contributed by atoms with Crippen LogP contribution in [-0.2, 0) is 4.79 Å². The lowest BCUT2D eigenvalue weighted by Crippen LogP contribution is -2.53. The molecule has 3 atom stereocenters. The minimum Gasteiger partial charge on any atom is -0.480 e. The number of carboxylic acid groups (broad SMARTS) is 1. The van der Waals surface area contributed by atoms with Crippen molar-refractivity contribution in [3.8, 4) is 0 Å². The summed E-state index contributed by atoms with van der Waals surface area (Å²) in [5, 5.41) is 20.5. The Morgan fingerprint density at radius 3 is 2.35 bits per heavy atom. The molecule has 0 spiro atoms. The van der Waals surface area contributed by atoms with Gasteiger partial charge in [-0.1, -0.05) is 13.8 Å². The molecule has 7 heteroatoms. The zero-order chi connectivity index (χ0) is 13.0. The number of thioether (sulfide) groups is 1. The monoisotopic (exact) mass is 262 g/mol. The van der Waals surface area contributed by atoms with E-state index < -0.39 is 24.6 Å². The van der Waals surface area contributed by atoms with Gasteiger partial charge >= 0.3 is 12.0 Å². The molecule has 1 heterocycles. The Balaban J connectivity index is 2.54. The van der Waals surface area contributed by atoms with Gasteiger partial charge in [0.1, 0.15) is 0 Å². The lowest BCUT2D eigenvalue weighted by Gasteiger charge is -2.35. The van der Waals surface area contributed by atoms with Crippen molar-refractivity contribution >= 4 is 23.8 Å². The summed E-state index contributed by atoms with van der Waals surface area (Å²) in [6.45, 7) is 4.65. The average Bonchev–Trinajstić information content (AvgIpc) is 2.23. The molecule has 1 fully saturated rings. The molecule has 0 saturated carbocycles. The number of rotatable bonds is 3. The molecular formula is C10H18N2O4S. The molecule has 1 rings (SSSR count). The number of aliphatic hydroxyl groups excluding tert-OH is 1. The van der Waals surface area contributed by atoms with E-state index in [0.717, 1.165) is 0 Å². The van der Waals surface area contributed by atoms with Gasteiger partial charge < -0.3 is 20.4 Å². The van der Waals surface area contributed by atoms with Gasteiger partial charge in [-0.25, -0.2) is 9.59 Å². The first-order chi connectivity index (χ1) is 7.93. The molecular weight excluding hydrogens is 244 g/mol. The van der Waals surface area contributed by atoms with Crippen LogP contribution in [0.5, 0.6) is 0 Å². The zero-order valence-electron chi connectivity index (χ0n) is 9.92. The van der Waals surface area contributed by atoms with Crippen molar-refractivity contribution in [2.24, 2.45) is 0 Å². The first-order valence-electron chi connectivity index (χ1n) is 5.48. The number of urea groups is 1. The molecule has 1 aliphatic heterocycles. The lowest BCUT2D eigenvalue weighted by molar-refractivity contribution is -0.140. The fourth-order valence-electron chi connectivity index (χ4n) is 1.77. The molecule has 0 aromatic heterocycles. The van der Waals surface area contributed by atoms with Gasteiger partial charge in [0.15, 0.2) is 6.04 Å². The Kier molecular flexibility index (Phi) is 5.07. The van der Waals surface area contributed by atoms with E-state index in [1.807, 2.05) is 13.8 Å². The summed E-state index contributed by atoms with van der Waals surface area (Å²) in [4.78, 5) is 24.1. The minimum absolute atomic E-state index is 0.335. The van der Waals surface area contributed by atoms with E-state index >= 15 is 0 Å². The quantitative estimate of drug-likeness (QED) is 0.664. The fourth-order valence-corrected chi connectivity index (χ4v) is 3.09. The number of carbonyl (C=O) groups is 2. The van der Waals surface area contributed by atoms with Crippen LogP contribution in [0.25, 0.3) is 0 Å². The number of carboxylic acids is 1. The summed E-state index contributed by atoms with van der Waals surface area (Å²) >= 11 is 1.81. The van der Waals surface area contributed by atoms with Gasteiger partial charge in [-0.2, -0.15) is 11.8 Å². The standard InChI is InChI=1S/C10H18N2O4S/c1-6-3-12(4-7(2)17-6)10(16)11-8(5-13)9(14)15/h6-8,13H,3-5H2,1-2H3,(H,11,16)(H,14,15)/t6?,7?,8-/m0/s1. The number of aliphatic hydroxyl groups is 1. The normalized spacial score (nSPS) is 26.4. The number of nitrogens with one attached hydrogen (secondary N) is 1. The van der Waals surface area contributed by atoms with Gasteiger partial charge in [-0.3, -0.25) is 0 Å². The van der Waals surface area contributed by atoms with Crippen molar-refractivity contribution in [3.63, 3.8) is 0 Å². The van der Waals surface area contributed by atoms with Crippen LogP contribution in [-0.4, -0.2) is 63.4 Å². The van der Waals surface area contributed by atoms with E-state index in [9.17, 15) is 9.59 Å². The van der Waals surface area contributed by atoms with Crippen LogP contribution in [0.2, 0.25) is 0 Å². The summed E-state index contributed by atoms with van der Waals surface area (Å²) in [6.07, 6.45) is 0. The molecule has 0 radical (unpaired) electrons. The summed E-state index contributed by atoms with van der Waals surface area (Å²) in [7, 11) is 0. The van der Waals surface area contributed by atoms with Crippen molar-refractivity contribution in [1.29, 1.82) is 0 Å². The second kappa shape index (κ2) is 6.11. The molecule has 0 bridgehead atoms. The average molecular weight is 262 g/mol. The van der Waals surface area contributed by atoms with Gasteiger partial charge in [0.25, 0.3) is 0 Å². The molecule has 1 saturated heterocycles. The van der Waals surface area contributed by atoms with Crippen molar-refractivity contribution in [2.45, 2.75) is 30.4 Å². The van der Waals surface area contributed by atoms with E-state index in [4.69, 9.17) is 10.2 Å². The van der Waals surface area contributed by atoms with Crippen LogP contribution in [0.4, 0.5) is 4.79 Å². The largest absolute Gasteiger partial charge is 0.480 e. The maximum Gasteiger partial charge on any atom is 0.328 e. The SMILES string of the molecule is CC1CN(C(=O)N[C@@H](CO)C(=O)O)CC(C)S1. The highest BCUT2D eigenvalue weighted by Crippen LogP contribution is 2.24. The van der Waals surface area contributed by atoms with E-state index in [-0.39, 0.29) is 0 Å². The van der Waals surface area contributed by atoms with Gasteiger partial charge in [0.2, 0.25) is 0 Å². The Bertz CT molecular complexity index is 290. The van der Waals surface area contributed by atoms with E-state index in [1.54, 1.807) is 16.7 Å². The number of aliphatic carboxylic acids is 1. The van der Waals surface area contributed by atoms with Gasteiger partial charge in [0, 0.05) is 23.6 Å². The molecule has 2 unspecified atom stereocenters. The topological polar surface area (TPSA) is 89.9 Å². The molecule has 3 N–H and O–H groups in total. The summed E-state index contributed by atoms with van der Waals surface area (Å²) in [5.41, 5.74) is 0. The zero-order valence-corrected chi connectivity index (χ0v) is 10.7. The van der Waals surface area contributed by atoms with Crippen LogP contribution in [0.3, 0.4) is 0 Å². The Morgan fingerprint density at radius 2 is 1.94 bits per heavy atom. The van der Waals surface area contributed by atoms with Gasteiger partial charge in [-0.15, -0.1) is 0 Å². The van der Waals surface area contributed by atoms with Crippen LogP contribution < -0.4 is 5.32 Å². The number of carbonyl (C=O) groups excluding carboxylic acids is 1. The third-order valence-corrected chi connectivity index (χ3v) is 3.71. The predicted molar refractivity (Wildman–Crippen MR) is 65.1 cm³/mol. The van der Waals surface area contributed by atoms with E-state index in [2.05, 4.69) is 5.32 Å². The van der Waals surface area contributed by atoms with Gasteiger partial charge in [0.05, 0.1) is 6.61 Å². The molecule has 17 heavy (non-hydrogen) atoms. The minimum atomic E-state index is -1.23. The fraction of sp³-hybridized carbons (Fsp3) is 0.800. The summed E-state index contributed by atoms with van der Waals surface area (Å²) in [5.74, 6) is -1.23. The molecule has 2 amide bonds. The highest BCUT2D eigenvalue weighted by atomic mass is 32.2. The number of hydrogen-bond acceptors (Lipinski definition) is 4. The van der Waals surface area contributed by atoms with Crippen LogP contribution in [0, 0.1) is 0 Å². The van der Waals surface area contributed by atoms with Crippen molar-refractivity contribution in [2.75, 3.05) is 19.7 Å². The number of hydrogen-bond donors (Lipinski definition) is 3. The molecule has 0 aromatic rings. The van der Waals surface area contributed by atoms with E-state index in [0.29, 0.717) is 23.6 Å². The Labute approximate surface area is 104 Å². The third-order valence-electron chi connectivity index (χ3n) is 2.49. The maximum atomic E-state index is 11.8. The highest BCUT2D eigenvalue weighted by Gasteiger charge is 2.28. The number of amides is 2. The summed E-state index contributed by atoms with van der Waals surface area (Å²) < 4.78 is 0. The molecule has 0 aliphatic carbocycles. The van der Waals surface area contributed by atoms with Crippen LogP contribution >= 0.6 is 11.8 Å². The van der Waals surface area contributed by atoms with Crippen molar-refractivity contribution in [3.05, 3.63) is 0 Å². The Hall–Kier alpha value is -0.950. The molecule has 6 nitrogen and oxygen atoms in total. The van der Waals surface area contributed by atoms with E-state index in [1.165, 1.54) is 0 Å². The summed E-state index contributed by atoms with van der Waals surface area (Å²) in [6, 6.07) is -1.66. The Morgan fingerprint density at radius 1 is 1.41 bits per heavy atom. The van der Waals surface area contributed by atoms with Gasteiger partial charge in [-0.05, 0) is 0 Å². The lowest BCUT2D eigenvalue weighted by atomic mass is 10.3. The second-order valence-corrected chi connectivity index (χ2v) is 6.07. The highest BCUT2D eigenvalue weighted by molar-refractivity contribution is 8.00. The van der Waals surface area contributed by atoms with Crippen molar-refractivity contribution in [1.82, 2.24) is 10.2 Å².